The molecule has 0 aromatic carbocycles. The van der Waals surface area contributed by atoms with Gasteiger partial charge in [-0.15, -0.1) is 0 Å². The van der Waals surface area contributed by atoms with E-state index in [1.807, 2.05) is 24.5 Å². The van der Waals surface area contributed by atoms with Gasteiger partial charge in [0.05, 0.1) is 29.9 Å². The predicted octanol–water partition coefficient (Wildman–Crippen LogP) is 1.86. The molecule has 5 heteroatoms. The smallest absolute Gasteiger partial charge is 0.114 e. The summed E-state index contributed by atoms with van der Waals surface area (Å²) in [6, 6.07) is 3.85. The lowest BCUT2D eigenvalue weighted by atomic mass is 10.3. The van der Waals surface area contributed by atoms with Gasteiger partial charge in [0.1, 0.15) is 5.82 Å². The van der Waals surface area contributed by atoms with Crippen molar-refractivity contribution in [3.8, 4) is 0 Å². The average molecular weight is 266 g/mol. The van der Waals surface area contributed by atoms with Crippen LogP contribution in [0, 0.1) is 0 Å². The molecule has 2 aromatic heterocycles. The van der Waals surface area contributed by atoms with E-state index in [0.29, 0.717) is 0 Å². The molecule has 1 saturated heterocycles. The molecule has 2 aromatic rings. The lowest BCUT2D eigenvalue weighted by Crippen LogP contribution is -2.37. The van der Waals surface area contributed by atoms with Crippen LogP contribution in [-0.2, 0) is 11.2 Å². The standard InChI is InChI=1S/C13H16ClN3O/c14-11-2-1-4-17-12(11)10-15-13(17)3-5-16-6-8-18-9-7-16/h1-2,4,10H,3,5-9H2. The van der Waals surface area contributed by atoms with Gasteiger partial charge in [-0.1, -0.05) is 11.6 Å². The highest BCUT2D eigenvalue weighted by Gasteiger charge is 2.12. The summed E-state index contributed by atoms with van der Waals surface area (Å²) >= 11 is 6.13. The number of aromatic nitrogens is 2. The monoisotopic (exact) mass is 265 g/mol. The van der Waals surface area contributed by atoms with Crippen LogP contribution in [0.2, 0.25) is 5.02 Å². The SMILES string of the molecule is Clc1cccn2c(CCN3CCOCC3)ncc12. The molecule has 1 aliphatic rings. The highest BCUT2D eigenvalue weighted by atomic mass is 35.5. The molecule has 0 atom stereocenters. The molecule has 0 radical (unpaired) electrons. The summed E-state index contributed by atoms with van der Waals surface area (Å²) in [5, 5.41) is 0.752. The molecule has 0 aliphatic carbocycles. The Hall–Kier alpha value is -1.10. The fourth-order valence-electron chi connectivity index (χ4n) is 2.31. The fourth-order valence-corrected chi connectivity index (χ4v) is 2.52. The minimum absolute atomic E-state index is 0.752. The molecule has 1 fully saturated rings. The largest absolute Gasteiger partial charge is 0.379 e. The number of fused-ring (bicyclic) bond motifs is 1. The van der Waals surface area contributed by atoms with Gasteiger partial charge in [0, 0.05) is 32.3 Å². The van der Waals surface area contributed by atoms with Crippen LogP contribution in [0.4, 0.5) is 0 Å². The maximum atomic E-state index is 6.13. The quantitative estimate of drug-likeness (QED) is 0.849. The average Bonchev–Trinajstić information content (AvgIpc) is 2.82. The van der Waals surface area contributed by atoms with Gasteiger partial charge in [-0.05, 0) is 12.1 Å². The van der Waals surface area contributed by atoms with Crippen molar-refractivity contribution in [1.29, 1.82) is 0 Å². The second-order valence-corrected chi connectivity index (χ2v) is 4.90. The van der Waals surface area contributed by atoms with Crippen LogP contribution in [0.1, 0.15) is 5.82 Å². The van der Waals surface area contributed by atoms with Gasteiger partial charge in [-0.25, -0.2) is 4.98 Å². The molecule has 0 amide bonds. The Balaban J connectivity index is 1.72. The maximum Gasteiger partial charge on any atom is 0.114 e. The third-order valence-corrected chi connectivity index (χ3v) is 3.67. The normalized spacial score (nSPS) is 17.4. The highest BCUT2D eigenvalue weighted by Crippen LogP contribution is 2.18. The molecule has 3 rings (SSSR count). The Morgan fingerprint density at radius 2 is 2.17 bits per heavy atom. The van der Waals surface area contributed by atoms with E-state index in [-0.39, 0.29) is 0 Å². The van der Waals surface area contributed by atoms with Crippen molar-refractivity contribution in [3.63, 3.8) is 0 Å². The fraction of sp³-hybridized carbons (Fsp3) is 0.462. The highest BCUT2D eigenvalue weighted by molar-refractivity contribution is 6.33. The minimum atomic E-state index is 0.752. The number of halogens is 1. The van der Waals surface area contributed by atoms with Crippen molar-refractivity contribution < 1.29 is 4.74 Å². The molecule has 18 heavy (non-hydrogen) atoms. The van der Waals surface area contributed by atoms with Crippen molar-refractivity contribution in [2.45, 2.75) is 6.42 Å². The molecule has 0 saturated carbocycles. The van der Waals surface area contributed by atoms with Gasteiger partial charge in [0.15, 0.2) is 0 Å². The van der Waals surface area contributed by atoms with Gasteiger partial charge in [-0.3, -0.25) is 4.90 Å². The van der Waals surface area contributed by atoms with Crippen LogP contribution in [-0.4, -0.2) is 47.1 Å². The van der Waals surface area contributed by atoms with E-state index >= 15 is 0 Å². The first-order valence-corrected chi connectivity index (χ1v) is 6.63. The van der Waals surface area contributed by atoms with E-state index in [1.165, 1.54) is 0 Å². The number of imidazole rings is 1. The Labute approximate surface area is 111 Å². The number of pyridine rings is 1. The van der Waals surface area contributed by atoms with E-state index < -0.39 is 0 Å². The molecule has 4 nitrogen and oxygen atoms in total. The second kappa shape index (κ2) is 5.26. The Morgan fingerprint density at radius 3 is 3.00 bits per heavy atom. The summed E-state index contributed by atoms with van der Waals surface area (Å²) in [5.74, 6) is 1.07. The van der Waals surface area contributed by atoms with Crippen molar-refractivity contribution >= 4 is 17.1 Å². The van der Waals surface area contributed by atoms with Crippen LogP contribution in [0.25, 0.3) is 5.52 Å². The number of hydrogen-bond donors (Lipinski definition) is 0. The molecule has 96 valence electrons. The first-order chi connectivity index (χ1) is 8.84. The molecular weight excluding hydrogens is 250 g/mol. The number of morpholine rings is 1. The first-order valence-electron chi connectivity index (χ1n) is 6.25. The van der Waals surface area contributed by atoms with Crippen molar-refractivity contribution in [1.82, 2.24) is 14.3 Å². The van der Waals surface area contributed by atoms with Crippen molar-refractivity contribution in [2.75, 3.05) is 32.8 Å². The lowest BCUT2D eigenvalue weighted by molar-refractivity contribution is 0.0382. The van der Waals surface area contributed by atoms with Gasteiger partial charge in [-0.2, -0.15) is 0 Å². The zero-order chi connectivity index (χ0) is 12.4. The van der Waals surface area contributed by atoms with Crippen molar-refractivity contribution in [3.05, 3.63) is 35.4 Å². The number of nitrogens with zero attached hydrogens (tertiary/aromatic N) is 3. The van der Waals surface area contributed by atoms with Crippen LogP contribution < -0.4 is 0 Å². The summed E-state index contributed by atoms with van der Waals surface area (Å²) < 4.78 is 7.41. The van der Waals surface area contributed by atoms with E-state index in [4.69, 9.17) is 16.3 Å². The summed E-state index contributed by atoms with van der Waals surface area (Å²) in [6.07, 6.45) is 4.80. The molecule has 0 bridgehead atoms. The molecule has 1 aliphatic heterocycles. The van der Waals surface area contributed by atoms with E-state index in [1.54, 1.807) is 0 Å². The van der Waals surface area contributed by atoms with Gasteiger partial charge in [0.25, 0.3) is 0 Å². The summed E-state index contributed by atoms with van der Waals surface area (Å²) in [6.45, 7) is 4.74. The van der Waals surface area contributed by atoms with Crippen LogP contribution in [0.5, 0.6) is 0 Å². The van der Waals surface area contributed by atoms with Gasteiger partial charge in [0.2, 0.25) is 0 Å². The van der Waals surface area contributed by atoms with E-state index in [0.717, 1.165) is 55.6 Å². The number of hydrogen-bond acceptors (Lipinski definition) is 3. The lowest BCUT2D eigenvalue weighted by Gasteiger charge is -2.26. The summed E-state index contributed by atoms with van der Waals surface area (Å²) in [5.41, 5.74) is 0.983. The summed E-state index contributed by atoms with van der Waals surface area (Å²) in [7, 11) is 0. The molecule has 3 heterocycles. The van der Waals surface area contributed by atoms with Crippen LogP contribution in [0.15, 0.2) is 24.5 Å². The minimum Gasteiger partial charge on any atom is -0.379 e. The predicted molar refractivity (Wildman–Crippen MR) is 71.2 cm³/mol. The first kappa shape index (κ1) is 12.0. The molecule has 0 unspecified atom stereocenters. The van der Waals surface area contributed by atoms with Crippen molar-refractivity contribution in [2.24, 2.45) is 0 Å². The Morgan fingerprint density at radius 1 is 1.33 bits per heavy atom. The van der Waals surface area contributed by atoms with E-state index in [9.17, 15) is 0 Å². The Kier molecular flexibility index (Phi) is 3.50. The molecular formula is C13H16ClN3O. The summed E-state index contributed by atoms with van der Waals surface area (Å²) in [4.78, 5) is 6.87. The van der Waals surface area contributed by atoms with E-state index in [2.05, 4.69) is 14.3 Å². The number of ether oxygens (including phenoxy) is 1. The zero-order valence-corrected chi connectivity index (χ0v) is 10.9. The van der Waals surface area contributed by atoms with Crippen LogP contribution in [0.3, 0.4) is 0 Å². The third-order valence-electron chi connectivity index (χ3n) is 3.35. The van der Waals surface area contributed by atoms with Crippen LogP contribution >= 0.6 is 11.6 Å². The molecule has 0 N–H and O–H groups in total. The van der Waals surface area contributed by atoms with Gasteiger partial charge >= 0.3 is 0 Å². The number of rotatable bonds is 3. The Bertz CT molecular complexity index is 534. The van der Waals surface area contributed by atoms with Gasteiger partial charge < -0.3 is 9.14 Å². The zero-order valence-electron chi connectivity index (χ0n) is 10.2. The third kappa shape index (κ3) is 2.36. The molecule has 0 spiro atoms. The maximum absolute atomic E-state index is 6.13. The second-order valence-electron chi connectivity index (χ2n) is 4.49. The topological polar surface area (TPSA) is 29.8 Å².